The van der Waals surface area contributed by atoms with Crippen LogP contribution >= 0.6 is 34.8 Å². The molecule has 2 unspecified atom stereocenters. The molecule has 0 N–H and O–H groups in total. The van der Waals surface area contributed by atoms with Crippen molar-refractivity contribution in [2.45, 2.75) is 20.8 Å². The van der Waals surface area contributed by atoms with E-state index in [0.717, 1.165) is 0 Å². The molecular formula is C9H11Cl3O. The molecule has 1 aliphatic carbocycles. The minimum Gasteiger partial charge on any atom is -0.281 e. The summed E-state index contributed by atoms with van der Waals surface area (Å²) >= 11 is 16.6. The third-order valence-electron chi connectivity index (χ3n) is 3.36. The average molecular weight is 242 g/mol. The first-order valence-corrected chi connectivity index (χ1v) is 5.10. The van der Waals surface area contributed by atoms with E-state index in [1.54, 1.807) is 6.08 Å². The lowest BCUT2D eigenvalue weighted by Gasteiger charge is -2.06. The van der Waals surface area contributed by atoms with Crippen molar-refractivity contribution in [1.29, 1.82) is 0 Å². The van der Waals surface area contributed by atoms with Crippen LogP contribution in [0.4, 0.5) is 0 Å². The highest BCUT2D eigenvalue weighted by Gasteiger charge is 2.70. The minimum absolute atomic E-state index is 0.0370. The standard InChI is InChI=1S/C9H11Cl3O/c1-8(2)5(4-6(10)11)9(8,3)7(12)13/h4-5H,1-3H3. The zero-order valence-electron chi connectivity index (χ0n) is 7.70. The van der Waals surface area contributed by atoms with E-state index in [0.29, 0.717) is 0 Å². The van der Waals surface area contributed by atoms with E-state index in [4.69, 9.17) is 34.8 Å². The summed E-state index contributed by atoms with van der Waals surface area (Å²) in [5.74, 6) is 0.0370. The Morgan fingerprint density at radius 1 is 1.23 bits per heavy atom. The fourth-order valence-electron chi connectivity index (χ4n) is 1.90. The first kappa shape index (κ1) is 11.4. The van der Waals surface area contributed by atoms with Crippen LogP contribution in [0, 0.1) is 16.7 Å². The van der Waals surface area contributed by atoms with Gasteiger partial charge in [0, 0.05) is 0 Å². The third kappa shape index (κ3) is 1.51. The Kier molecular flexibility index (Phi) is 2.75. The van der Waals surface area contributed by atoms with Crippen molar-refractivity contribution in [1.82, 2.24) is 0 Å². The predicted molar refractivity (Wildman–Crippen MR) is 56.0 cm³/mol. The second-order valence-corrected chi connectivity index (χ2v) is 5.48. The first-order chi connectivity index (χ1) is 5.74. The van der Waals surface area contributed by atoms with Crippen molar-refractivity contribution in [3.05, 3.63) is 10.6 Å². The van der Waals surface area contributed by atoms with Crippen molar-refractivity contribution in [3.63, 3.8) is 0 Å². The molecule has 1 fully saturated rings. The van der Waals surface area contributed by atoms with Crippen LogP contribution in [0.2, 0.25) is 0 Å². The zero-order valence-corrected chi connectivity index (χ0v) is 9.96. The van der Waals surface area contributed by atoms with Crippen LogP contribution in [0.1, 0.15) is 20.8 Å². The molecule has 74 valence electrons. The van der Waals surface area contributed by atoms with Crippen LogP contribution in [0.3, 0.4) is 0 Å². The maximum atomic E-state index is 11.2. The molecule has 0 aliphatic heterocycles. The maximum absolute atomic E-state index is 11.2. The summed E-state index contributed by atoms with van der Waals surface area (Å²) in [6.45, 7) is 5.79. The number of allylic oxidation sites excluding steroid dienone is 1. The quantitative estimate of drug-likeness (QED) is 0.673. The maximum Gasteiger partial charge on any atom is 0.228 e. The van der Waals surface area contributed by atoms with Gasteiger partial charge in [-0.25, -0.2) is 0 Å². The SMILES string of the molecule is CC1(C)C(C=C(Cl)Cl)C1(C)C(=O)Cl. The second kappa shape index (κ2) is 3.15. The van der Waals surface area contributed by atoms with E-state index >= 15 is 0 Å². The Hall–Kier alpha value is 0.280. The van der Waals surface area contributed by atoms with Crippen LogP contribution in [-0.4, -0.2) is 5.24 Å². The Bertz CT molecular complexity index is 279. The molecule has 0 aromatic carbocycles. The summed E-state index contributed by atoms with van der Waals surface area (Å²) in [5.41, 5.74) is -0.676. The van der Waals surface area contributed by atoms with E-state index in [-0.39, 0.29) is 21.1 Å². The highest BCUT2D eigenvalue weighted by Crippen LogP contribution is 2.70. The molecule has 0 saturated heterocycles. The number of halogens is 3. The molecular weight excluding hydrogens is 230 g/mol. The van der Waals surface area contributed by atoms with Gasteiger partial charge in [-0.1, -0.05) is 44.0 Å². The Morgan fingerprint density at radius 3 is 1.92 bits per heavy atom. The predicted octanol–water partition coefficient (Wildman–Crippen LogP) is 3.73. The lowest BCUT2D eigenvalue weighted by atomic mass is 10.0. The van der Waals surface area contributed by atoms with Gasteiger partial charge < -0.3 is 0 Å². The monoisotopic (exact) mass is 240 g/mol. The lowest BCUT2D eigenvalue weighted by molar-refractivity contribution is -0.116. The van der Waals surface area contributed by atoms with Gasteiger partial charge in [0.05, 0.1) is 5.41 Å². The highest BCUT2D eigenvalue weighted by atomic mass is 35.5. The molecule has 13 heavy (non-hydrogen) atoms. The van der Waals surface area contributed by atoms with Crippen LogP contribution < -0.4 is 0 Å². The molecule has 0 spiro atoms. The van der Waals surface area contributed by atoms with Gasteiger partial charge in [-0.3, -0.25) is 4.79 Å². The fraction of sp³-hybridized carbons (Fsp3) is 0.667. The normalized spacial score (nSPS) is 35.4. The molecule has 0 aromatic rings. The summed E-state index contributed by atoms with van der Waals surface area (Å²) in [4.78, 5) is 11.2. The van der Waals surface area contributed by atoms with Crippen LogP contribution in [0.5, 0.6) is 0 Å². The molecule has 0 heterocycles. The average Bonchev–Trinajstić information content (AvgIpc) is 2.35. The summed E-state index contributed by atoms with van der Waals surface area (Å²) in [6, 6.07) is 0. The lowest BCUT2D eigenvalue weighted by Crippen LogP contribution is -2.11. The second-order valence-electron chi connectivity index (χ2n) is 4.13. The van der Waals surface area contributed by atoms with Crippen molar-refractivity contribution >= 4 is 40.0 Å². The summed E-state index contributed by atoms with van der Waals surface area (Å²) in [5, 5.41) is -0.326. The largest absolute Gasteiger partial charge is 0.281 e. The number of carbonyl (C=O) groups excluding carboxylic acids is 1. The fourth-order valence-corrected chi connectivity index (χ4v) is 2.51. The van der Waals surface area contributed by atoms with Gasteiger partial charge in [0.25, 0.3) is 0 Å². The first-order valence-electron chi connectivity index (χ1n) is 3.97. The van der Waals surface area contributed by atoms with E-state index < -0.39 is 5.41 Å². The van der Waals surface area contributed by atoms with Crippen molar-refractivity contribution in [2.75, 3.05) is 0 Å². The van der Waals surface area contributed by atoms with Gasteiger partial charge in [-0.15, -0.1) is 0 Å². The minimum atomic E-state index is -0.524. The Labute approximate surface area is 93.0 Å². The number of rotatable bonds is 2. The zero-order chi connectivity index (χ0) is 10.4. The molecule has 0 radical (unpaired) electrons. The molecule has 4 heteroatoms. The summed E-state index contributed by atoms with van der Waals surface area (Å²) in [7, 11) is 0. The highest BCUT2D eigenvalue weighted by molar-refractivity contribution is 6.65. The number of carbonyl (C=O) groups is 1. The molecule has 2 atom stereocenters. The van der Waals surface area contributed by atoms with E-state index in [1.165, 1.54) is 0 Å². The topological polar surface area (TPSA) is 17.1 Å². The third-order valence-corrected chi connectivity index (χ3v) is 4.00. The molecule has 1 rings (SSSR count). The molecule has 0 amide bonds. The molecule has 1 aliphatic rings. The molecule has 1 saturated carbocycles. The van der Waals surface area contributed by atoms with Crippen molar-refractivity contribution in [2.24, 2.45) is 16.7 Å². The van der Waals surface area contributed by atoms with Crippen LogP contribution in [0.15, 0.2) is 10.6 Å². The van der Waals surface area contributed by atoms with E-state index in [9.17, 15) is 4.79 Å². The molecule has 1 nitrogen and oxygen atoms in total. The van der Waals surface area contributed by atoms with Gasteiger partial charge >= 0.3 is 0 Å². The van der Waals surface area contributed by atoms with Gasteiger partial charge in [0.2, 0.25) is 5.24 Å². The molecule has 0 bridgehead atoms. The number of hydrogen-bond acceptors (Lipinski definition) is 1. The van der Waals surface area contributed by atoms with Gasteiger partial charge in [0.15, 0.2) is 0 Å². The van der Waals surface area contributed by atoms with Crippen LogP contribution in [-0.2, 0) is 4.79 Å². The van der Waals surface area contributed by atoms with E-state index in [2.05, 4.69) is 0 Å². The molecule has 0 aromatic heterocycles. The van der Waals surface area contributed by atoms with E-state index in [1.807, 2.05) is 20.8 Å². The summed E-state index contributed by atoms with van der Waals surface area (Å²) < 4.78 is 0.194. The van der Waals surface area contributed by atoms with Crippen LogP contribution in [0.25, 0.3) is 0 Å². The Morgan fingerprint density at radius 2 is 1.69 bits per heavy atom. The van der Waals surface area contributed by atoms with Crippen molar-refractivity contribution < 1.29 is 4.79 Å². The smallest absolute Gasteiger partial charge is 0.228 e. The Balaban J connectivity index is 2.95. The van der Waals surface area contributed by atoms with Gasteiger partial charge in [-0.2, -0.15) is 0 Å². The summed E-state index contributed by atoms with van der Waals surface area (Å²) in [6.07, 6.45) is 1.68. The van der Waals surface area contributed by atoms with Gasteiger partial charge in [0.1, 0.15) is 4.49 Å². The van der Waals surface area contributed by atoms with Gasteiger partial charge in [-0.05, 0) is 29.0 Å². The van der Waals surface area contributed by atoms with Crippen molar-refractivity contribution in [3.8, 4) is 0 Å². The number of hydrogen-bond donors (Lipinski definition) is 0.